The molecule has 2 aromatic rings. The summed E-state index contributed by atoms with van der Waals surface area (Å²) in [6.07, 6.45) is 0.742. The van der Waals surface area contributed by atoms with Crippen LogP contribution in [-0.4, -0.2) is 26.5 Å². The SMILES string of the molecule is COC(=O)c1ccccc1-c1ccc(OC)cc1C=O. The third kappa shape index (κ3) is 2.54. The van der Waals surface area contributed by atoms with Crippen molar-refractivity contribution < 1.29 is 19.1 Å². The summed E-state index contributed by atoms with van der Waals surface area (Å²) in [7, 11) is 2.86. The zero-order chi connectivity index (χ0) is 14.5. The van der Waals surface area contributed by atoms with E-state index in [1.807, 2.05) is 0 Å². The predicted octanol–water partition coefficient (Wildman–Crippen LogP) is 2.96. The third-order valence-electron chi connectivity index (χ3n) is 3.01. The second-order valence-electron chi connectivity index (χ2n) is 4.11. The number of carbonyl (C=O) groups excluding carboxylic acids is 2. The minimum absolute atomic E-state index is 0.420. The van der Waals surface area contributed by atoms with E-state index in [0.29, 0.717) is 28.0 Å². The zero-order valence-electron chi connectivity index (χ0n) is 11.3. The van der Waals surface area contributed by atoms with Crippen molar-refractivity contribution in [2.24, 2.45) is 0 Å². The van der Waals surface area contributed by atoms with Gasteiger partial charge in [0.05, 0.1) is 19.8 Å². The fourth-order valence-electron chi connectivity index (χ4n) is 2.02. The molecule has 0 radical (unpaired) electrons. The van der Waals surface area contributed by atoms with Crippen molar-refractivity contribution in [2.75, 3.05) is 14.2 Å². The molecule has 0 N–H and O–H groups in total. The molecule has 4 heteroatoms. The molecule has 0 aromatic heterocycles. The van der Waals surface area contributed by atoms with Crippen LogP contribution in [0.15, 0.2) is 42.5 Å². The number of carbonyl (C=O) groups is 2. The van der Waals surface area contributed by atoms with E-state index in [-0.39, 0.29) is 0 Å². The van der Waals surface area contributed by atoms with Gasteiger partial charge in [-0.2, -0.15) is 0 Å². The minimum Gasteiger partial charge on any atom is -0.497 e. The average molecular weight is 270 g/mol. The minimum atomic E-state index is -0.437. The lowest BCUT2D eigenvalue weighted by Gasteiger charge is -2.11. The van der Waals surface area contributed by atoms with E-state index < -0.39 is 5.97 Å². The van der Waals surface area contributed by atoms with Crippen molar-refractivity contribution >= 4 is 12.3 Å². The lowest BCUT2D eigenvalue weighted by atomic mass is 9.95. The average Bonchev–Trinajstić information content (AvgIpc) is 2.53. The van der Waals surface area contributed by atoms with Gasteiger partial charge in [-0.25, -0.2) is 4.79 Å². The molecule has 0 unspecified atom stereocenters. The quantitative estimate of drug-likeness (QED) is 0.633. The van der Waals surface area contributed by atoms with Crippen molar-refractivity contribution in [3.05, 3.63) is 53.6 Å². The van der Waals surface area contributed by atoms with Crippen LogP contribution in [0.25, 0.3) is 11.1 Å². The largest absolute Gasteiger partial charge is 0.497 e. The van der Waals surface area contributed by atoms with Crippen LogP contribution in [0.4, 0.5) is 0 Å². The Bertz CT molecular complexity index is 647. The normalized spacial score (nSPS) is 9.90. The van der Waals surface area contributed by atoms with Gasteiger partial charge in [-0.05, 0) is 35.4 Å². The first-order valence-electron chi connectivity index (χ1n) is 6.02. The van der Waals surface area contributed by atoms with Gasteiger partial charge >= 0.3 is 5.97 Å². The van der Waals surface area contributed by atoms with E-state index in [9.17, 15) is 9.59 Å². The Hall–Kier alpha value is -2.62. The highest BCUT2D eigenvalue weighted by atomic mass is 16.5. The number of hydrogen-bond acceptors (Lipinski definition) is 4. The Labute approximate surface area is 116 Å². The second-order valence-corrected chi connectivity index (χ2v) is 4.11. The summed E-state index contributed by atoms with van der Waals surface area (Å²) in [6.45, 7) is 0. The van der Waals surface area contributed by atoms with Gasteiger partial charge in [0.25, 0.3) is 0 Å². The van der Waals surface area contributed by atoms with Crippen molar-refractivity contribution in [1.82, 2.24) is 0 Å². The van der Waals surface area contributed by atoms with Gasteiger partial charge in [0, 0.05) is 5.56 Å². The molecular weight excluding hydrogens is 256 g/mol. The van der Waals surface area contributed by atoms with Gasteiger partial charge in [0.1, 0.15) is 5.75 Å². The van der Waals surface area contributed by atoms with Gasteiger partial charge in [-0.1, -0.05) is 18.2 Å². The number of esters is 1. The molecule has 0 saturated heterocycles. The van der Waals surface area contributed by atoms with Gasteiger partial charge < -0.3 is 9.47 Å². The fraction of sp³-hybridized carbons (Fsp3) is 0.125. The van der Waals surface area contributed by atoms with Crippen molar-refractivity contribution in [2.45, 2.75) is 0 Å². The summed E-state index contributed by atoms with van der Waals surface area (Å²) in [5, 5.41) is 0. The highest BCUT2D eigenvalue weighted by Crippen LogP contribution is 2.29. The first-order valence-corrected chi connectivity index (χ1v) is 6.02. The summed E-state index contributed by atoms with van der Waals surface area (Å²) < 4.78 is 9.86. The van der Waals surface area contributed by atoms with E-state index in [0.717, 1.165) is 6.29 Å². The van der Waals surface area contributed by atoms with Crippen LogP contribution in [0.1, 0.15) is 20.7 Å². The molecule has 0 heterocycles. The smallest absolute Gasteiger partial charge is 0.338 e. The molecule has 0 bridgehead atoms. The molecule has 0 aliphatic rings. The molecule has 0 fully saturated rings. The summed E-state index contributed by atoms with van der Waals surface area (Å²) in [5.41, 5.74) is 2.20. The van der Waals surface area contributed by atoms with Gasteiger partial charge in [-0.3, -0.25) is 4.79 Å². The highest BCUT2D eigenvalue weighted by Gasteiger charge is 2.15. The first kappa shape index (κ1) is 13.8. The maximum absolute atomic E-state index is 11.8. The Morgan fingerprint density at radius 1 is 1.05 bits per heavy atom. The van der Waals surface area contributed by atoms with Crippen LogP contribution in [0.2, 0.25) is 0 Å². The summed E-state index contributed by atoms with van der Waals surface area (Å²) in [6, 6.07) is 12.1. The van der Waals surface area contributed by atoms with E-state index in [4.69, 9.17) is 9.47 Å². The maximum atomic E-state index is 11.8. The lowest BCUT2D eigenvalue weighted by molar-refractivity contribution is 0.0601. The van der Waals surface area contributed by atoms with E-state index in [1.165, 1.54) is 14.2 Å². The number of ether oxygens (including phenoxy) is 2. The highest BCUT2D eigenvalue weighted by molar-refractivity contribution is 6.00. The molecule has 0 atom stereocenters. The lowest BCUT2D eigenvalue weighted by Crippen LogP contribution is -2.04. The fourth-order valence-corrected chi connectivity index (χ4v) is 2.02. The summed E-state index contributed by atoms with van der Waals surface area (Å²) in [4.78, 5) is 23.0. The Kier molecular flexibility index (Phi) is 4.15. The molecule has 0 aliphatic carbocycles. The van der Waals surface area contributed by atoms with Gasteiger partial charge in [0.2, 0.25) is 0 Å². The molecule has 4 nitrogen and oxygen atoms in total. The van der Waals surface area contributed by atoms with E-state index >= 15 is 0 Å². The van der Waals surface area contributed by atoms with Crippen LogP contribution in [0.3, 0.4) is 0 Å². The Balaban J connectivity index is 2.62. The maximum Gasteiger partial charge on any atom is 0.338 e. The number of methoxy groups -OCH3 is 2. The Morgan fingerprint density at radius 3 is 2.45 bits per heavy atom. The molecule has 0 aliphatic heterocycles. The molecular formula is C16H14O4. The molecule has 2 aromatic carbocycles. The van der Waals surface area contributed by atoms with Crippen LogP contribution in [-0.2, 0) is 4.74 Å². The zero-order valence-corrected chi connectivity index (χ0v) is 11.3. The van der Waals surface area contributed by atoms with Crippen molar-refractivity contribution in [3.8, 4) is 16.9 Å². The first-order chi connectivity index (χ1) is 9.71. The number of rotatable bonds is 4. The molecule has 0 amide bonds. The van der Waals surface area contributed by atoms with Crippen LogP contribution < -0.4 is 4.74 Å². The Morgan fingerprint density at radius 2 is 1.80 bits per heavy atom. The van der Waals surface area contributed by atoms with Gasteiger partial charge in [0.15, 0.2) is 6.29 Å². The standard InChI is InChI=1S/C16H14O4/c1-19-12-7-8-13(11(9-12)10-17)14-5-3-4-6-15(14)16(18)20-2/h3-10H,1-2H3. The second kappa shape index (κ2) is 6.02. The van der Waals surface area contributed by atoms with E-state index in [2.05, 4.69) is 0 Å². The molecule has 20 heavy (non-hydrogen) atoms. The van der Waals surface area contributed by atoms with Crippen LogP contribution in [0, 0.1) is 0 Å². The predicted molar refractivity (Wildman–Crippen MR) is 75.2 cm³/mol. The molecule has 2 rings (SSSR count). The van der Waals surface area contributed by atoms with Crippen LogP contribution >= 0.6 is 0 Å². The van der Waals surface area contributed by atoms with E-state index in [1.54, 1.807) is 42.5 Å². The van der Waals surface area contributed by atoms with Crippen molar-refractivity contribution in [3.63, 3.8) is 0 Å². The van der Waals surface area contributed by atoms with Crippen LogP contribution in [0.5, 0.6) is 5.75 Å². The number of benzene rings is 2. The topological polar surface area (TPSA) is 52.6 Å². The summed E-state index contributed by atoms with van der Waals surface area (Å²) >= 11 is 0. The monoisotopic (exact) mass is 270 g/mol. The van der Waals surface area contributed by atoms with Gasteiger partial charge in [-0.15, -0.1) is 0 Å². The summed E-state index contributed by atoms with van der Waals surface area (Å²) in [5.74, 6) is 0.152. The molecule has 0 spiro atoms. The molecule has 102 valence electrons. The van der Waals surface area contributed by atoms with Crippen molar-refractivity contribution in [1.29, 1.82) is 0 Å². The molecule has 0 saturated carbocycles. The number of hydrogen-bond donors (Lipinski definition) is 0. The third-order valence-corrected chi connectivity index (χ3v) is 3.01. The number of aldehydes is 1.